The molecule has 0 spiro atoms. The molecule has 0 radical (unpaired) electrons. The van der Waals surface area contributed by atoms with Gasteiger partial charge in [0, 0.05) is 42.7 Å². The van der Waals surface area contributed by atoms with Gasteiger partial charge in [0.2, 0.25) is 0 Å². The second kappa shape index (κ2) is 9.27. The number of fused-ring (bicyclic) bond motifs is 3. The standard InChI is InChI=1S/C24H25F3N4O3/c25-24(26,27)22-19-6-7-20-18(8-13-34-20)21(19)31(29-22)17-4-2-16(3-5-17)23(32)28-9-1-10-30-11-14-33-15-12-30/h2-5,8,13H,1,6-7,9-12,14-15H2,(H,28,32). The number of ether oxygens (including phenoxy) is 1. The molecule has 1 saturated heterocycles. The highest BCUT2D eigenvalue weighted by Crippen LogP contribution is 2.42. The Bertz CT molecular complexity index is 1160. The third kappa shape index (κ3) is 4.47. The van der Waals surface area contributed by atoms with E-state index < -0.39 is 11.9 Å². The first-order chi connectivity index (χ1) is 16.4. The lowest BCUT2D eigenvalue weighted by atomic mass is 9.94. The van der Waals surface area contributed by atoms with Gasteiger partial charge in [-0.05, 0) is 49.7 Å². The number of rotatable bonds is 6. The smallest absolute Gasteiger partial charge is 0.435 e. The Morgan fingerprint density at radius 1 is 1.09 bits per heavy atom. The van der Waals surface area contributed by atoms with E-state index in [2.05, 4.69) is 15.3 Å². The molecule has 3 aromatic rings. The van der Waals surface area contributed by atoms with Crippen LogP contribution in [0.15, 0.2) is 41.0 Å². The van der Waals surface area contributed by atoms with E-state index in [0.717, 1.165) is 39.3 Å². The molecule has 0 bridgehead atoms. The summed E-state index contributed by atoms with van der Waals surface area (Å²) in [6.45, 7) is 4.73. The number of nitrogens with one attached hydrogen (secondary N) is 1. The third-order valence-corrected chi connectivity index (χ3v) is 6.27. The summed E-state index contributed by atoms with van der Waals surface area (Å²) < 4.78 is 53.1. The number of aryl methyl sites for hydroxylation is 1. The number of morpholine rings is 1. The van der Waals surface area contributed by atoms with Crippen LogP contribution in [0.3, 0.4) is 0 Å². The van der Waals surface area contributed by atoms with Gasteiger partial charge in [0.15, 0.2) is 5.69 Å². The number of hydrogen-bond donors (Lipinski definition) is 1. The van der Waals surface area contributed by atoms with Gasteiger partial charge in [0.05, 0.1) is 30.9 Å². The molecule has 0 saturated carbocycles. The van der Waals surface area contributed by atoms with Crippen molar-refractivity contribution >= 4 is 5.91 Å². The molecule has 0 unspecified atom stereocenters. The van der Waals surface area contributed by atoms with Crippen molar-refractivity contribution in [2.24, 2.45) is 0 Å². The van der Waals surface area contributed by atoms with Gasteiger partial charge in [0.25, 0.3) is 5.91 Å². The van der Waals surface area contributed by atoms with Crippen LogP contribution in [0.25, 0.3) is 16.9 Å². The third-order valence-electron chi connectivity index (χ3n) is 6.27. The molecule has 1 aliphatic heterocycles. The molecular formula is C24H25F3N4O3. The van der Waals surface area contributed by atoms with Crippen LogP contribution in [0.4, 0.5) is 13.2 Å². The summed E-state index contributed by atoms with van der Waals surface area (Å²) in [6, 6.07) is 8.11. The van der Waals surface area contributed by atoms with Crippen molar-refractivity contribution in [1.29, 1.82) is 0 Å². The fourth-order valence-corrected chi connectivity index (χ4v) is 4.55. The molecule has 1 fully saturated rings. The summed E-state index contributed by atoms with van der Waals surface area (Å²) in [5, 5.41) is 6.83. The zero-order valence-electron chi connectivity index (χ0n) is 18.5. The van der Waals surface area contributed by atoms with Crippen LogP contribution in [-0.2, 0) is 23.8 Å². The number of aromatic nitrogens is 2. The zero-order valence-corrected chi connectivity index (χ0v) is 18.5. The molecule has 1 aromatic carbocycles. The number of benzene rings is 1. The van der Waals surface area contributed by atoms with Crippen LogP contribution >= 0.6 is 0 Å². The van der Waals surface area contributed by atoms with Crippen molar-refractivity contribution in [2.45, 2.75) is 25.4 Å². The van der Waals surface area contributed by atoms with E-state index in [0.29, 0.717) is 41.2 Å². The Morgan fingerprint density at radius 3 is 2.59 bits per heavy atom. The van der Waals surface area contributed by atoms with Crippen LogP contribution in [0.1, 0.15) is 33.8 Å². The first-order valence-electron chi connectivity index (χ1n) is 11.4. The molecule has 7 nitrogen and oxygen atoms in total. The van der Waals surface area contributed by atoms with Gasteiger partial charge in [-0.2, -0.15) is 18.3 Å². The fourth-order valence-electron chi connectivity index (χ4n) is 4.55. The lowest BCUT2D eigenvalue weighted by molar-refractivity contribution is -0.142. The molecule has 3 heterocycles. The zero-order chi connectivity index (χ0) is 23.7. The minimum Gasteiger partial charge on any atom is -0.469 e. The fraction of sp³-hybridized carbons (Fsp3) is 0.417. The highest BCUT2D eigenvalue weighted by molar-refractivity contribution is 5.94. The van der Waals surface area contributed by atoms with Gasteiger partial charge in [-0.25, -0.2) is 4.68 Å². The molecule has 10 heteroatoms. The van der Waals surface area contributed by atoms with Gasteiger partial charge in [0.1, 0.15) is 5.76 Å². The Balaban J connectivity index is 1.31. The highest BCUT2D eigenvalue weighted by Gasteiger charge is 2.41. The van der Waals surface area contributed by atoms with E-state index in [9.17, 15) is 18.0 Å². The van der Waals surface area contributed by atoms with Crippen molar-refractivity contribution < 1.29 is 27.1 Å². The van der Waals surface area contributed by atoms with Gasteiger partial charge < -0.3 is 14.5 Å². The lowest BCUT2D eigenvalue weighted by Gasteiger charge is -2.26. The van der Waals surface area contributed by atoms with Gasteiger partial charge in [-0.3, -0.25) is 9.69 Å². The van der Waals surface area contributed by atoms with Crippen molar-refractivity contribution in [1.82, 2.24) is 20.0 Å². The van der Waals surface area contributed by atoms with Crippen LogP contribution in [0.2, 0.25) is 0 Å². The molecule has 180 valence electrons. The number of halogens is 3. The molecular weight excluding hydrogens is 449 g/mol. The predicted octanol–water partition coefficient (Wildman–Crippen LogP) is 3.70. The Labute approximate surface area is 194 Å². The summed E-state index contributed by atoms with van der Waals surface area (Å²) in [6.07, 6.45) is -1.64. The normalized spacial score (nSPS) is 16.2. The number of nitrogens with zero attached hydrogens (tertiary/aromatic N) is 3. The van der Waals surface area contributed by atoms with Crippen molar-refractivity contribution in [3.05, 3.63) is 59.2 Å². The molecule has 1 N–H and O–H groups in total. The quantitative estimate of drug-likeness (QED) is 0.552. The highest BCUT2D eigenvalue weighted by atomic mass is 19.4. The van der Waals surface area contributed by atoms with E-state index in [4.69, 9.17) is 9.15 Å². The summed E-state index contributed by atoms with van der Waals surface area (Å²) in [5.74, 6) is 0.430. The van der Waals surface area contributed by atoms with Crippen molar-refractivity contribution in [3.8, 4) is 16.9 Å². The first-order valence-corrected chi connectivity index (χ1v) is 11.4. The van der Waals surface area contributed by atoms with E-state index in [-0.39, 0.29) is 17.9 Å². The van der Waals surface area contributed by atoms with E-state index in [1.165, 1.54) is 10.9 Å². The van der Waals surface area contributed by atoms with Crippen LogP contribution in [0, 0.1) is 0 Å². The van der Waals surface area contributed by atoms with Gasteiger partial charge in [-0.15, -0.1) is 0 Å². The monoisotopic (exact) mass is 474 g/mol. The van der Waals surface area contributed by atoms with Crippen molar-refractivity contribution in [2.75, 3.05) is 39.4 Å². The second-order valence-electron chi connectivity index (χ2n) is 8.45. The number of carbonyl (C=O) groups excluding carboxylic acids is 1. The maximum absolute atomic E-state index is 13.7. The molecule has 34 heavy (non-hydrogen) atoms. The van der Waals surface area contributed by atoms with E-state index in [1.807, 2.05) is 0 Å². The SMILES string of the molecule is O=C(NCCCN1CCOCC1)c1ccc(-n2nc(C(F)(F)F)c3c2-c2ccoc2CC3)cc1. The number of hydrogen-bond acceptors (Lipinski definition) is 5. The molecule has 2 aromatic heterocycles. The minimum atomic E-state index is -4.56. The number of amides is 1. The summed E-state index contributed by atoms with van der Waals surface area (Å²) >= 11 is 0. The van der Waals surface area contributed by atoms with Crippen LogP contribution in [0.5, 0.6) is 0 Å². The van der Waals surface area contributed by atoms with E-state index >= 15 is 0 Å². The van der Waals surface area contributed by atoms with E-state index in [1.54, 1.807) is 30.3 Å². The Morgan fingerprint density at radius 2 is 1.85 bits per heavy atom. The molecule has 1 aliphatic carbocycles. The molecule has 0 atom stereocenters. The van der Waals surface area contributed by atoms with Crippen LogP contribution < -0.4 is 5.32 Å². The molecule has 2 aliphatic rings. The van der Waals surface area contributed by atoms with Gasteiger partial charge in [-0.1, -0.05) is 0 Å². The number of carbonyl (C=O) groups is 1. The summed E-state index contributed by atoms with van der Waals surface area (Å²) in [4.78, 5) is 14.8. The average molecular weight is 474 g/mol. The summed E-state index contributed by atoms with van der Waals surface area (Å²) in [5.41, 5.74) is 1.19. The summed E-state index contributed by atoms with van der Waals surface area (Å²) in [7, 11) is 0. The number of alkyl halides is 3. The maximum Gasteiger partial charge on any atom is 0.435 e. The first kappa shape index (κ1) is 22.7. The topological polar surface area (TPSA) is 72.5 Å². The predicted molar refractivity (Wildman–Crippen MR) is 118 cm³/mol. The molecule has 5 rings (SSSR count). The lowest BCUT2D eigenvalue weighted by Crippen LogP contribution is -2.38. The Kier molecular flexibility index (Phi) is 6.18. The van der Waals surface area contributed by atoms with Gasteiger partial charge >= 0.3 is 6.18 Å². The number of furan rings is 1. The van der Waals surface area contributed by atoms with Crippen molar-refractivity contribution in [3.63, 3.8) is 0 Å². The molecule has 1 amide bonds. The average Bonchev–Trinajstić information content (AvgIpc) is 3.47. The Hall–Kier alpha value is -3.11. The second-order valence-corrected chi connectivity index (χ2v) is 8.45. The largest absolute Gasteiger partial charge is 0.469 e. The minimum absolute atomic E-state index is 0.170. The maximum atomic E-state index is 13.7. The van der Waals surface area contributed by atoms with Crippen LogP contribution in [-0.4, -0.2) is 60.0 Å².